The third-order valence-electron chi connectivity index (χ3n) is 1.34. The molecule has 0 aromatic heterocycles. The van der Waals surface area contributed by atoms with E-state index in [-0.39, 0.29) is 7.29 Å². The third kappa shape index (κ3) is 6.38. The molecule has 4 N–H and O–H groups in total. The molecule has 4 nitrogen and oxygen atoms in total. The summed E-state index contributed by atoms with van der Waals surface area (Å²) in [5.41, 5.74) is -1.11. The Balaban J connectivity index is 0. The molecule has 0 heterocycles. The van der Waals surface area contributed by atoms with Gasteiger partial charge in [-0.15, -0.1) is 0 Å². The molecule has 0 aromatic carbocycles. The molecule has 0 saturated heterocycles. The maximum atomic E-state index is 8.50. The smallest absolute Gasteiger partial charge is 0.0713 e. The second-order valence-corrected chi connectivity index (χ2v) is 4.06. The SMILES string of the molecule is ClPCl.OCC(CO)(CO)CO. The molecular weight excluding hydrogens is 226 g/mol. The largest absolute Gasteiger partial charge is 0.396 e. The highest BCUT2D eigenvalue weighted by Gasteiger charge is 2.26. The molecule has 0 rings (SSSR count). The lowest BCUT2D eigenvalue weighted by molar-refractivity contribution is -0.0328. The van der Waals surface area contributed by atoms with Crippen molar-refractivity contribution >= 4 is 29.8 Å². The molecule has 0 atom stereocenters. The number of hydrogen-bond acceptors (Lipinski definition) is 4. The molecule has 0 aromatic rings. The molecule has 12 heavy (non-hydrogen) atoms. The van der Waals surface area contributed by atoms with Crippen molar-refractivity contribution < 1.29 is 20.4 Å². The maximum Gasteiger partial charge on any atom is 0.0713 e. The molecule has 0 unspecified atom stereocenters. The van der Waals surface area contributed by atoms with Gasteiger partial charge in [0, 0.05) is 0 Å². The Morgan fingerprint density at radius 1 is 0.833 bits per heavy atom. The first-order valence-corrected chi connectivity index (χ1v) is 6.08. The van der Waals surface area contributed by atoms with Gasteiger partial charge in [-0.05, 0) is 0 Å². The molecule has 0 aliphatic rings. The van der Waals surface area contributed by atoms with E-state index in [0.29, 0.717) is 0 Å². The lowest BCUT2D eigenvalue weighted by Gasteiger charge is -2.23. The van der Waals surface area contributed by atoms with E-state index >= 15 is 0 Å². The minimum Gasteiger partial charge on any atom is -0.396 e. The van der Waals surface area contributed by atoms with E-state index in [4.69, 9.17) is 42.9 Å². The van der Waals surface area contributed by atoms with Crippen LogP contribution in [0.1, 0.15) is 0 Å². The second-order valence-electron chi connectivity index (χ2n) is 2.20. The molecule has 0 amide bonds. The summed E-state index contributed by atoms with van der Waals surface area (Å²) in [7, 11) is 0.0278. The highest BCUT2D eigenvalue weighted by atomic mass is 35.9. The van der Waals surface area contributed by atoms with Crippen LogP contribution in [0, 0.1) is 5.41 Å². The summed E-state index contributed by atoms with van der Waals surface area (Å²) < 4.78 is 0. The van der Waals surface area contributed by atoms with Crippen LogP contribution >= 0.6 is 29.8 Å². The number of aliphatic hydroxyl groups excluding tert-OH is 4. The minimum atomic E-state index is -1.11. The van der Waals surface area contributed by atoms with E-state index in [1.165, 1.54) is 0 Å². The van der Waals surface area contributed by atoms with Crippen LogP contribution in [-0.4, -0.2) is 46.9 Å². The summed E-state index contributed by atoms with van der Waals surface area (Å²) in [5, 5.41) is 34.0. The van der Waals surface area contributed by atoms with Crippen LogP contribution < -0.4 is 0 Å². The lowest BCUT2D eigenvalue weighted by atomic mass is 9.93. The minimum absolute atomic E-state index is 0.0278. The fraction of sp³-hybridized carbons (Fsp3) is 1.00. The van der Waals surface area contributed by atoms with Gasteiger partial charge in [-0.1, -0.05) is 22.5 Å². The number of hydrogen-bond donors (Lipinski definition) is 4. The van der Waals surface area contributed by atoms with Gasteiger partial charge >= 0.3 is 0 Å². The van der Waals surface area contributed by atoms with Crippen molar-refractivity contribution in [2.75, 3.05) is 26.4 Å². The molecule has 0 bridgehead atoms. The first-order valence-electron chi connectivity index (χ1n) is 3.06. The fourth-order valence-corrected chi connectivity index (χ4v) is 0.300. The quantitative estimate of drug-likeness (QED) is 0.517. The van der Waals surface area contributed by atoms with Gasteiger partial charge in [0.2, 0.25) is 0 Å². The van der Waals surface area contributed by atoms with Crippen LogP contribution in [0.3, 0.4) is 0 Å². The molecule has 0 fully saturated rings. The molecule has 0 radical (unpaired) electrons. The highest BCUT2D eigenvalue weighted by Crippen LogP contribution is 2.19. The Labute approximate surface area is 82.5 Å². The van der Waals surface area contributed by atoms with Gasteiger partial charge in [0.15, 0.2) is 0 Å². The zero-order valence-corrected chi connectivity index (χ0v) is 8.89. The van der Waals surface area contributed by atoms with E-state index in [1.807, 2.05) is 0 Å². The molecular formula is C5H13Cl2O4P. The van der Waals surface area contributed by atoms with E-state index < -0.39 is 31.8 Å². The van der Waals surface area contributed by atoms with Crippen molar-refractivity contribution in [1.82, 2.24) is 0 Å². The second kappa shape index (κ2) is 9.93. The van der Waals surface area contributed by atoms with Crippen LogP contribution in [-0.2, 0) is 0 Å². The average Bonchev–Trinajstić information content (AvgIpc) is 2.11. The monoisotopic (exact) mass is 238 g/mol. The molecule has 0 saturated carbocycles. The maximum absolute atomic E-state index is 8.50. The Morgan fingerprint density at radius 2 is 1.00 bits per heavy atom. The summed E-state index contributed by atoms with van der Waals surface area (Å²) in [6, 6.07) is 0. The number of aliphatic hydroxyl groups is 4. The standard InChI is InChI=1S/C5H12O4.Cl2HP/c6-1-5(2-7,3-8)4-9;1-3-2/h6-9H,1-4H2;3H. The van der Waals surface area contributed by atoms with Crippen LogP contribution in [0.25, 0.3) is 0 Å². The average molecular weight is 239 g/mol. The molecule has 76 valence electrons. The van der Waals surface area contributed by atoms with E-state index in [0.717, 1.165) is 0 Å². The van der Waals surface area contributed by atoms with Crippen molar-refractivity contribution in [3.05, 3.63) is 0 Å². The predicted octanol–water partition coefficient (Wildman–Crippen LogP) is -0.0855. The van der Waals surface area contributed by atoms with Gasteiger partial charge < -0.3 is 20.4 Å². The topological polar surface area (TPSA) is 80.9 Å². The van der Waals surface area contributed by atoms with Crippen molar-refractivity contribution in [2.24, 2.45) is 5.41 Å². The zero-order chi connectivity index (χ0) is 10.0. The Hall–Kier alpha value is 0.850. The molecule has 0 aliphatic carbocycles. The lowest BCUT2D eigenvalue weighted by Crippen LogP contribution is -2.37. The van der Waals surface area contributed by atoms with Gasteiger partial charge in [0.1, 0.15) is 0 Å². The van der Waals surface area contributed by atoms with Crippen molar-refractivity contribution in [3.63, 3.8) is 0 Å². The predicted molar refractivity (Wildman–Crippen MR) is 50.8 cm³/mol. The van der Waals surface area contributed by atoms with Crippen LogP contribution in [0.15, 0.2) is 0 Å². The van der Waals surface area contributed by atoms with E-state index in [1.54, 1.807) is 0 Å². The third-order valence-corrected chi connectivity index (χ3v) is 1.34. The zero-order valence-electron chi connectivity index (χ0n) is 6.37. The Morgan fingerprint density at radius 3 is 1.00 bits per heavy atom. The molecule has 0 aliphatic heterocycles. The first kappa shape index (κ1) is 15.3. The Kier molecular flexibility index (Phi) is 12.7. The van der Waals surface area contributed by atoms with Crippen molar-refractivity contribution in [3.8, 4) is 0 Å². The van der Waals surface area contributed by atoms with Crippen LogP contribution in [0.4, 0.5) is 0 Å². The van der Waals surface area contributed by atoms with Gasteiger partial charge in [-0.3, -0.25) is 0 Å². The summed E-state index contributed by atoms with van der Waals surface area (Å²) in [6.45, 7) is -1.62. The van der Waals surface area contributed by atoms with Crippen molar-refractivity contribution in [2.45, 2.75) is 0 Å². The Bertz CT molecular complexity index is 74.0. The number of rotatable bonds is 4. The highest BCUT2D eigenvalue weighted by molar-refractivity contribution is 7.90. The summed E-state index contributed by atoms with van der Waals surface area (Å²) >= 11 is 9.58. The van der Waals surface area contributed by atoms with Crippen LogP contribution in [0.5, 0.6) is 0 Å². The van der Waals surface area contributed by atoms with Gasteiger partial charge in [-0.2, -0.15) is 0 Å². The van der Waals surface area contributed by atoms with Gasteiger partial charge in [0.05, 0.1) is 39.1 Å². The normalized spacial score (nSPS) is 10.5. The van der Waals surface area contributed by atoms with Gasteiger partial charge in [-0.25, -0.2) is 0 Å². The number of halogens is 2. The fourth-order valence-electron chi connectivity index (χ4n) is 0.300. The van der Waals surface area contributed by atoms with E-state index in [2.05, 4.69) is 0 Å². The van der Waals surface area contributed by atoms with Crippen molar-refractivity contribution in [1.29, 1.82) is 0 Å². The van der Waals surface area contributed by atoms with Gasteiger partial charge in [0.25, 0.3) is 0 Å². The molecule has 0 spiro atoms. The summed E-state index contributed by atoms with van der Waals surface area (Å²) in [4.78, 5) is 0. The first-order chi connectivity index (χ1) is 5.66. The summed E-state index contributed by atoms with van der Waals surface area (Å²) in [5.74, 6) is 0. The molecule has 7 heteroatoms. The van der Waals surface area contributed by atoms with E-state index in [9.17, 15) is 0 Å². The van der Waals surface area contributed by atoms with Crippen LogP contribution in [0.2, 0.25) is 0 Å². The summed E-state index contributed by atoms with van der Waals surface area (Å²) in [6.07, 6.45) is 0.